The number of rotatable bonds is 11. The molecule has 0 saturated carbocycles. The fourth-order valence-electron chi connectivity index (χ4n) is 2.01. The van der Waals surface area contributed by atoms with E-state index >= 15 is 0 Å². The molecule has 0 aromatic carbocycles. The van der Waals surface area contributed by atoms with Gasteiger partial charge in [-0.2, -0.15) is 13.2 Å². The first-order chi connectivity index (χ1) is 8.52. The second kappa shape index (κ2) is 10.7. The third-order valence-corrected chi connectivity index (χ3v) is 3.13. The van der Waals surface area contributed by atoms with Crippen molar-refractivity contribution in [2.75, 3.05) is 6.54 Å². The van der Waals surface area contributed by atoms with Crippen molar-refractivity contribution in [1.82, 2.24) is 5.32 Å². The lowest BCUT2D eigenvalue weighted by Gasteiger charge is -2.21. The number of halogens is 3. The molecule has 1 N–H and O–H groups in total. The summed E-state index contributed by atoms with van der Waals surface area (Å²) in [4.78, 5) is 0. The molecule has 4 heteroatoms. The van der Waals surface area contributed by atoms with Crippen molar-refractivity contribution in [3.63, 3.8) is 0 Å². The molecule has 1 unspecified atom stereocenters. The van der Waals surface area contributed by atoms with Gasteiger partial charge in [-0.15, -0.1) is 0 Å². The quantitative estimate of drug-likeness (QED) is 0.516. The molecule has 0 bridgehead atoms. The smallest absolute Gasteiger partial charge is 0.306 e. The monoisotopic (exact) mass is 267 g/mol. The standard InChI is InChI=1S/C14H28F3N/c1-3-5-6-7-8-9-10-11-13(14(15,16)17)18-12-4-2/h13,18H,3-12H2,1-2H3. The van der Waals surface area contributed by atoms with Gasteiger partial charge in [0.1, 0.15) is 6.04 Å². The predicted octanol–water partition coefficient (Wildman–Crippen LogP) is 5.06. The topological polar surface area (TPSA) is 12.0 Å². The second-order valence-electron chi connectivity index (χ2n) is 4.96. The molecule has 1 atom stereocenters. The van der Waals surface area contributed by atoms with E-state index in [9.17, 15) is 13.2 Å². The van der Waals surface area contributed by atoms with Crippen molar-refractivity contribution >= 4 is 0 Å². The van der Waals surface area contributed by atoms with Crippen LogP contribution in [0.1, 0.15) is 71.6 Å². The summed E-state index contributed by atoms with van der Waals surface area (Å²) < 4.78 is 38.0. The zero-order valence-electron chi connectivity index (χ0n) is 11.8. The van der Waals surface area contributed by atoms with E-state index in [0.29, 0.717) is 13.0 Å². The molecular weight excluding hydrogens is 239 g/mol. The first-order valence-electron chi connectivity index (χ1n) is 7.32. The second-order valence-corrected chi connectivity index (χ2v) is 4.96. The van der Waals surface area contributed by atoms with Gasteiger partial charge in [0.15, 0.2) is 0 Å². The Morgan fingerprint density at radius 1 is 0.833 bits per heavy atom. The highest BCUT2D eigenvalue weighted by Crippen LogP contribution is 2.24. The molecule has 0 heterocycles. The van der Waals surface area contributed by atoms with Crippen LogP contribution < -0.4 is 5.32 Å². The van der Waals surface area contributed by atoms with Gasteiger partial charge < -0.3 is 5.32 Å². The maximum absolute atomic E-state index is 12.7. The Morgan fingerprint density at radius 3 is 1.89 bits per heavy atom. The molecule has 0 radical (unpaired) electrons. The van der Waals surface area contributed by atoms with Crippen LogP contribution in [0.5, 0.6) is 0 Å². The summed E-state index contributed by atoms with van der Waals surface area (Å²) >= 11 is 0. The van der Waals surface area contributed by atoms with Crippen LogP contribution in [0, 0.1) is 0 Å². The molecule has 1 nitrogen and oxygen atoms in total. The summed E-state index contributed by atoms with van der Waals surface area (Å²) in [6.45, 7) is 4.49. The maximum Gasteiger partial charge on any atom is 0.403 e. The predicted molar refractivity (Wildman–Crippen MR) is 70.7 cm³/mol. The lowest BCUT2D eigenvalue weighted by Crippen LogP contribution is -2.42. The number of hydrogen-bond donors (Lipinski definition) is 1. The zero-order chi connectivity index (χ0) is 13.9. The van der Waals surface area contributed by atoms with Gasteiger partial charge in [0.25, 0.3) is 0 Å². The molecule has 0 aliphatic rings. The summed E-state index contributed by atoms with van der Waals surface area (Å²) in [5, 5.41) is 2.60. The van der Waals surface area contributed by atoms with Crippen LogP contribution in [0.3, 0.4) is 0 Å². The molecule has 0 aromatic rings. The molecule has 0 rings (SSSR count). The average Bonchev–Trinajstić information content (AvgIpc) is 2.30. The van der Waals surface area contributed by atoms with Crippen LogP contribution in [0.15, 0.2) is 0 Å². The van der Waals surface area contributed by atoms with Gasteiger partial charge >= 0.3 is 6.18 Å². The van der Waals surface area contributed by atoms with E-state index in [-0.39, 0.29) is 6.42 Å². The number of alkyl halides is 3. The summed E-state index contributed by atoms with van der Waals surface area (Å²) in [6.07, 6.45) is 4.34. The number of nitrogens with one attached hydrogen (secondary N) is 1. The highest BCUT2D eigenvalue weighted by Gasteiger charge is 2.38. The summed E-state index contributed by atoms with van der Waals surface area (Å²) in [5.41, 5.74) is 0. The van der Waals surface area contributed by atoms with Crippen LogP contribution >= 0.6 is 0 Å². The minimum Gasteiger partial charge on any atom is -0.306 e. The SMILES string of the molecule is CCCCCCCCCC(NCCC)C(F)(F)F. The van der Waals surface area contributed by atoms with Gasteiger partial charge in [0.05, 0.1) is 0 Å². The molecule has 0 aromatic heterocycles. The number of unbranched alkanes of at least 4 members (excludes halogenated alkanes) is 6. The van der Waals surface area contributed by atoms with E-state index in [0.717, 1.165) is 25.7 Å². The molecular formula is C14H28F3N. The largest absolute Gasteiger partial charge is 0.403 e. The zero-order valence-corrected chi connectivity index (χ0v) is 11.8. The molecule has 0 amide bonds. The van der Waals surface area contributed by atoms with Crippen molar-refractivity contribution in [3.8, 4) is 0 Å². The lowest BCUT2D eigenvalue weighted by molar-refractivity contribution is -0.157. The van der Waals surface area contributed by atoms with Crippen molar-refractivity contribution in [2.45, 2.75) is 83.9 Å². The van der Waals surface area contributed by atoms with E-state index < -0.39 is 12.2 Å². The van der Waals surface area contributed by atoms with Crippen molar-refractivity contribution in [3.05, 3.63) is 0 Å². The molecule has 18 heavy (non-hydrogen) atoms. The van der Waals surface area contributed by atoms with Crippen LogP contribution in [0.25, 0.3) is 0 Å². The Labute approximate surface area is 110 Å². The van der Waals surface area contributed by atoms with E-state index in [2.05, 4.69) is 12.2 Å². The number of hydrogen-bond acceptors (Lipinski definition) is 1. The fourth-order valence-corrected chi connectivity index (χ4v) is 2.01. The maximum atomic E-state index is 12.7. The van der Waals surface area contributed by atoms with Gasteiger partial charge in [-0.3, -0.25) is 0 Å². The molecule has 0 fully saturated rings. The van der Waals surface area contributed by atoms with Crippen molar-refractivity contribution < 1.29 is 13.2 Å². The highest BCUT2D eigenvalue weighted by atomic mass is 19.4. The van der Waals surface area contributed by atoms with Crippen LogP contribution in [-0.2, 0) is 0 Å². The first kappa shape index (κ1) is 17.8. The highest BCUT2D eigenvalue weighted by molar-refractivity contribution is 4.74. The lowest BCUT2D eigenvalue weighted by atomic mass is 10.0. The minimum absolute atomic E-state index is 0.220. The summed E-state index contributed by atoms with van der Waals surface area (Å²) in [7, 11) is 0. The van der Waals surface area contributed by atoms with E-state index in [4.69, 9.17) is 0 Å². The average molecular weight is 267 g/mol. The van der Waals surface area contributed by atoms with Crippen LogP contribution in [-0.4, -0.2) is 18.8 Å². The molecule has 110 valence electrons. The van der Waals surface area contributed by atoms with E-state index in [1.165, 1.54) is 19.3 Å². The molecule has 0 spiro atoms. The van der Waals surface area contributed by atoms with Crippen LogP contribution in [0.4, 0.5) is 13.2 Å². The molecule has 0 saturated heterocycles. The Morgan fingerprint density at radius 2 is 1.39 bits per heavy atom. The van der Waals surface area contributed by atoms with Gasteiger partial charge in [0, 0.05) is 0 Å². The summed E-state index contributed by atoms with van der Waals surface area (Å²) in [6, 6.07) is -1.31. The fraction of sp³-hybridized carbons (Fsp3) is 1.00. The Balaban J connectivity index is 3.63. The summed E-state index contributed by atoms with van der Waals surface area (Å²) in [5.74, 6) is 0. The van der Waals surface area contributed by atoms with E-state index in [1.54, 1.807) is 0 Å². The normalized spacial score (nSPS) is 13.8. The first-order valence-corrected chi connectivity index (χ1v) is 7.32. The molecule has 0 aliphatic heterocycles. The third kappa shape index (κ3) is 9.75. The minimum atomic E-state index is -4.10. The van der Waals surface area contributed by atoms with Crippen molar-refractivity contribution in [2.24, 2.45) is 0 Å². The Kier molecular flexibility index (Phi) is 10.5. The van der Waals surface area contributed by atoms with E-state index in [1.807, 2.05) is 6.92 Å². The van der Waals surface area contributed by atoms with Crippen LogP contribution in [0.2, 0.25) is 0 Å². The molecule has 0 aliphatic carbocycles. The third-order valence-electron chi connectivity index (χ3n) is 3.13. The van der Waals surface area contributed by atoms with Gasteiger partial charge in [-0.1, -0.05) is 58.8 Å². The van der Waals surface area contributed by atoms with Gasteiger partial charge in [-0.05, 0) is 19.4 Å². The van der Waals surface area contributed by atoms with Gasteiger partial charge in [0.2, 0.25) is 0 Å². The Bertz CT molecular complexity index is 180. The van der Waals surface area contributed by atoms with Gasteiger partial charge in [-0.25, -0.2) is 0 Å². The Hall–Kier alpha value is -0.250. The van der Waals surface area contributed by atoms with Crippen molar-refractivity contribution in [1.29, 1.82) is 0 Å².